The monoisotopic (exact) mass is 283 g/mol. The summed E-state index contributed by atoms with van der Waals surface area (Å²) in [5.41, 5.74) is 5.50. The Hall–Kier alpha value is -1.00. The molecule has 1 fully saturated rings. The minimum absolute atomic E-state index is 0.486. The van der Waals surface area contributed by atoms with Gasteiger partial charge in [0.2, 0.25) is 0 Å². The zero-order valence-corrected chi connectivity index (χ0v) is 12.1. The SMILES string of the molecule is CCC1CCC(O)(CNc2ncc(N)cc2Cl)CC1. The van der Waals surface area contributed by atoms with E-state index in [-0.39, 0.29) is 0 Å². The molecule has 1 aliphatic carbocycles. The molecule has 2 rings (SSSR count). The second kappa shape index (κ2) is 5.97. The van der Waals surface area contributed by atoms with Crippen molar-refractivity contribution in [1.29, 1.82) is 0 Å². The number of nitrogens with two attached hydrogens (primary N) is 1. The van der Waals surface area contributed by atoms with Crippen LogP contribution in [0.5, 0.6) is 0 Å². The maximum absolute atomic E-state index is 10.5. The van der Waals surface area contributed by atoms with Crippen molar-refractivity contribution in [1.82, 2.24) is 4.98 Å². The van der Waals surface area contributed by atoms with Crippen molar-refractivity contribution >= 4 is 23.1 Å². The summed E-state index contributed by atoms with van der Waals surface area (Å²) in [4.78, 5) is 4.15. The second-order valence-electron chi connectivity index (χ2n) is 5.53. The van der Waals surface area contributed by atoms with Gasteiger partial charge in [-0.05, 0) is 37.7 Å². The average Bonchev–Trinajstić information content (AvgIpc) is 2.39. The van der Waals surface area contributed by atoms with Crippen molar-refractivity contribution in [2.75, 3.05) is 17.6 Å². The van der Waals surface area contributed by atoms with E-state index in [1.165, 1.54) is 6.42 Å². The Labute approximate surface area is 119 Å². The molecule has 1 saturated carbocycles. The lowest BCUT2D eigenvalue weighted by atomic mass is 9.78. The number of hydrogen-bond acceptors (Lipinski definition) is 4. The molecule has 0 saturated heterocycles. The lowest BCUT2D eigenvalue weighted by Gasteiger charge is -2.36. The number of aliphatic hydroxyl groups is 1. The van der Waals surface area contributed by atoms with Gasteiger partial charge in [0.15, 0.2) is 0 Å². The van der Waals surface area contributed by atoms with Gasteiger partial charge in [-0.1, -0.05) is 24.9 Å². The highest BCUT2D eigenvalue weighted by Gasteiger charge is 2.32. The Bertz CT molecular complexity index is 431. The van der Waals surface area contributed by atoms with Gasteiger partial charge in [-0.3, -0.25) is 0 Å². The first kappa shape index (κ1) is 14.4. The van der Waals surface area contributed by atoms with Gasteiger partial charge in [0.05, 0.1) is 22.5 Å². The second-order valence-corrected chi connectivity index (χ2v) is 5.94. The molecule has 0 aliphatic heterocycles. The van der Waals surface area contributed by atoms with E-state index in [0.717, 1.165) is 31.6 Å². The van der Waals surface area contributed by atoms with Crippen LogP contribution in [0, 0.1) is 5.92 Å². The molecule has 5 heteroatoms. The fraction of sp³-hybridized carbons (Fsp3) is 0.643. The van der Waals surface area contributed by atoms with E-state index >= 15 is 0 Å². The third kappa shape index (κ3) is 3.74. The van der Waals surface area contributed by atoms with E-state index < -0.39 is 5.60 Å². The van der Waals surface area contributed by atoms with Crippen LogP contribution in [0.2, 0.25) is 5.02 Å². The molecule has 0 radical (unpaired) electrons. The summed E-state index contributed by atoms with van der Waals surface area (Å²) in [6.45, 7) is 2.70. The van der Waals surface area contributed by atoms with Crippen molar-refractivity contribution in [3.05, 3.63) is 17.3 Å². The van der Waals surface area contributed by atoms with E-state index in [4.69, 9.17) is 17.3 Å². The van der Waals surface area contributed by atoms with Gasteiger partial charge in [0.1, 0.15) is 5.82 Å². The van der Waals surface area contributed by atoms with Gasteiger partial charge in [-0.15, -0.1) is 0 Å². The zero-order chi connectivity index (χ0) is 13.9. The summed E-state index contributed by atoms with van der Waals surface area (Å²) >= 11 is 6.05. The molecule has 0 bridgehead atoms. The number of anilines is 2. The van der Waals surface area contributed by atoms with Crippen molar-refractivity contribution in [3.63, 3.8) is 0 Å². The molecule has 1 aliphatic rings. The molecular weight excluding hydrogens is 262 g/mol. The third-order valence-corrected chi connectivity index (χ3v) is 4.35. The van der Waals surface area contributed by atoms with Gasteiger partial charge in [-0.25, -0.2) is 4.98 Å². The number of nitrogens with one attached hydrogen (secondary N) is 1. The highest BCUT2D eigenvalue weighted by Crippen LogP contribution is 2.34. The Morgan fingerprint density at radius 2 is 2.21 bits per heavy atom. The molecule has 4 N–H and O–H groups in total. The summed E-state index contributed by atoms with van der Waals surface area (Å²) in [6.07, 6.45) is 6.63. The number of halogens is 1. The molecule has 0 unspecified atom stereocenters. The van der Waals surface area contributed by atoms with E-state index in [1.807, 2.05) is 0 Å². The van der Waals surface area contributed by atoms with Crippen LogP contribution in [0.3, 0.4) is 0 Å². The highest BCUT2D eigenvalue weighted by molar-refractivity contribution is 6.33. The number of pyridine rings is 1. The molecule has 1 heterocycles. The first-order valence-electron chi connectivity index (χ1n) is 6.90. The average molecular weight is 284 g/mol. The Morgan fingerprint density at radius 3 is 2.79 bits per heavy atom. The minimum Gasteiger partial charge on any atom is -0.397 e. The maximum Gasteiger partial charge on any atom is 0.145 e. The molecule has 19 heavy (non-hydrogen) atoms. The fourth-order valence-corrected chi connectivity index (χ4v) is 2.87. The van der Waals surface area contributed by atoms with Crippen molar-refractivity contribution in [2.24, 2.45) is 5.92 Å². The van der Waals surface area contributed by atoms with Crippen molar-refractivity contribution in [2.45, 2.75) is 44.6 Å². The largest absolute Gasteiger partial charge is 0.397 e. The smallest absolute Gasteiger partial charge is 0.145 e. The van der Waals surface area contributed by atoms with Crippen LogP contribution in [0.25, 0.3) is 0 Å². The van der Waals surface area contributed by atoms with Crippen LogP contribution < -0.4 is 11.1 Å². The first-order chi connectivity index (χ1) is 9.02. The molecule has 4 nitrogen and oxygen atoms in total. The number of nitrogen functional groups attached to an aromatic ring is 1. The van der Waals surface area contributed by atoms with Gasteiger partial charge in [0.25, 0.3) is 0 Å². The first-order valence-corrected chi connectivity index (χ1v) is 7.27. The quantitative estimate of drug-likeness (QED) is 0.794. The predicted molar refractivity (Wildman–Crippen MR) is 79.3 cm³/mol. The molecule has 0 atom stereocenters. The summed E-state index contributed by atoms with van der Waals surface area (Å²) in [6, 6.07) is 1.66. The lowest BCUT2D eigenvalue weighted by molar-refractivity contribution is 0.00223. The highest BCUT2D eigenvalue weighted by atomic mass is 35.5. The van der Waals surface area contributed by atoms with Gasteiger partial charge >= 0.3 is 0 Å². The summed E-state index contributed by atoms with van der Waals surface area (Å²) in [7, 11) is 0. The number of nitrogens with zero attached hydrogens (tertiary/aromatic N) is 1. The molecular formula is C14H22ClN3O. The van der Waals surface area contributed by atoms with Gasteiger partial charge in [0, 0.05) is 6.54 Å². The van der Waals surface area contributed by atoms with E-state index in [9.17, 15) is 5.11 Å². The third-order valence-electron chi connectivity index (χ3n) is 4.06. The van der Waals surface area contributed by atoms with Crippen molar-refractivity contribution in [3.8, 4) is 0 Å². The van der Waals surface area contributed by atoms with Crippen LogP contribution in [-0.2, 0) is 0 Å². The van der Waals surface area contributed by atoms with Crippen LogP contribution in [-0.4, -0.2) is 22.2 Å². The molecule has 0 aromatic carbocycles. The fourth-order valence-electron chi connectivity index (χ4n) is 2.63. The Kier molecular flexibility index (Phi) is 4.53. The molecule has 1 aromatic rings. The van der Waals surface area contributed by atoms with E-state index in [1.54, 1.807) is 12.3 Å². The van der Waals surface area contributed by atoms with Crippen molar-refractivity contribution < 1.29 is 5.11 Å². The maximum atomic E-state index is 10.5. The van der Waals surface area contributed by atoms with Crippen LogP contribution in [0.4, 0.5) is 11.5 Å². The summed E-state index contributed by atoms with van der Waals surface area (Å²) in [5.74, 6) is 1.35. The molecule has 0 amide bonds. The standard InChI is InChI=1S/C14H22ClN3O/c1-2-10-3-5-14(19,6-4-10)9-18-13-12(15)7-11(16)8-17-13/h7-8,10,19H,2-6,9,16H2,1H3,(H,17,18). The molecule has 0 spiro atoms. The molecule has 106 valence electrons. The normalized spacial score (nSPS) is 27.2. The van der Waals surface area contributed by atoms with Gasteiger partial charge < -0.3 is 16.2 Å². The topological polar surface area (TPSA) is 71.2 Å². The van der Waals surface area contributed by atoms with Crippen LogP contribution >= 0.6 is 11.6 Å². The Balaban J connectivity index is 1.91. The van der Waals surface area contributed by atoms with Gasteiger partial charge in [-0.2, -0.15) is 0 Å². The molecule has 1 aromatic heterocycles. The summed E-state index contributed by atoms with van der Waals surface area (Å²) < 4.78 is 0. The number of aromatic nitrogens is 1. The lowest BCUT2D eigenvalue weighted by Crippen LogP contribution is -2.40. The van der Waals surface area contributed by atoms with E-state index in [2.05, 4.69) is 17.2 Å². The number of hydrogen-bond donors (Lipinski definition) is 3. The summed E-state index contributed by atoms with van der Waals surface area (Å²) in [5, 5.41) is 14.2. The van der Waals surface area contributed by atoms with E-state index in [0.29, 0.717) is 23.1 Å². The minimum atomic E-state index is -0.641. The predicted octanol–water partition coefficient (Wildman–Crippen LogP) is 3.06. The zero-order valence-electron chi connectivity index (χ0n) is 11.3. The van der Waals surface area contributed by atoms with Crippen LogP contribution in [0.15, 0.2) is 12.3 Å². The Morgan fingerprint density at radius 1 is 1.53 bits per heavy atom. The number of rotatable bonds is 4. The van der Waals surface area contributed by atoms with Crippen LogP contribution in [0.1, 0.15) is 39.0 Å².